The molecule has 1 aromatic carbocycles. The second-order valence-electron chi connectivity index (χ2n) is 5.32. The van der Waals surface area contributed by atoms with Gasteiger partial charge in [-0.15, -0.1) is 0 Å². The van der Waals surface area contributed by atoms with Gasteiger partial charge in [-0.1, -0.05) is 36.2 Å². The van der Waals surface area contributed by atoms with Gasteiger partial charge in [0.05, 0.1) is 0 Å². The van der Waals surface area contributed by atoms with Gasteiger partial charge in [0.15, 0.2) is 0 Å². The van der Waals surface area contributed by atoms with Crippen molar-refractivity contribution in [3.8, 4) is 0 Å². The number of halogens is 2. The van der Waals surface area contributed by atoms with E-state index in [1.54, 1.807) is 6.07 Å². The first-order valence-corrected chi connectivity index (χ1v) is 8.01. The van der Waals surface area contributed by atoms with Gasteiger partial charge >= 0.3 is 0 Å². The molecular formula is C17H21Cl2NO. The predicted octanol–water partition coefficient (Wildman–Crippen LogP) is 5.49. The Morgan fingerprint density at radius 1 is 1.19 bits per heavy atom. The summed E-state index contributed by atoms with van der Waals surface area (Å²) in [6, 6.07) is 7.97. The van der Waals surface area contributed by atoms with E-state index in [0.29, 0.717) is 10.0 Å². The Hall–Kier alpha value is -0.960. The maximum atomic E-state index is 6.30. The summed E-state index contributed by atoms with van der Waals surface area (Å²) in [7, 11) is 0. The third-order valence-electron chi connectivity index (χ3n) is 3.53. The highest BCUT2D eigenvalue weighted by Gasteiger charge is 2.18. The van der Waals surface area contributed by atoms with Crippen molar-refractivity contribution in [3.05, 3.63) is 57.0 Å². The van der Waals surface area contributed by atoms with E-state index < -0.39 is 0 Å². The van der Waals surface area contributed by atoms with E-state index in [4.69, 9.17) is 27.6 Å². The zero-order chi connectivity index (χ0) is 15.4. The van der Waals surface area contributed by atoms with Crippen LogP contribution >= 0.6 is 23.2 Å². The number of aryl methyl sites for hydroxylation is 2. The van der Waals surface area contributed by atoms with Crippen molar-refractivity contribution in [3.63, 3.8) is 0 Å². The Morgan fingerprint density at radius 2 is 1.95 bits per heavy atom. The van der Waals surface area contributed by atoms with Gasteiger partial charge < -0.3 is 9.73 Å². The summed E-state index contributed by atoms with van der Waals surface area (Å²) < 4.78 is 5.67. The summed E-state index contributed by atoms with van der Waals surface area (Å²) in [5.74, 6) is 1.90. The van der Waals surface area contributed by atoms with Crippen molar-refractivity contribution in [2.75, 3.05) is 6.54 Å². The van der Waals surface area contributed by atoms with Crippen LogP contribution in [0.1, 0.15) is 42.0 Å². The van der Waals surface area contributed by atoms with Crippen LogP contribution in [0.15, 0.2) is 28.7 Å². The molecule has 1 atom stereocenters. The van der Waals surface area contributed by atoms with Crippen molar-refractivity contribution in [1.29, 1.82) is 0 Å². The Balaban J connectivity index is 2.26. The van der Waals surface area contributed by atoms with E-state index in [-0.39, 0.29) is 6.04 Å². The fraction of sp³-hybridized carbons (Fsp3) is 0.412. The summed E-state index contributed by atoms with van der Waals surface area (Å²) in [5.41, 5.74) is 2.29. The summed E-state index contributed by atoms with van der Waals surface area (Å²) in [5, 5.41) is 4.95. The largest absolute Gasteiger partial charge is 0.466 e. The molecule has 1 heterocycles. The van der Waals surface area contributed by atoms with Crippen molar-refractivity contribution >= 4 is 23.2 Å². The molecule has 0 bridgehead atoms. The van der Waals surface area contributed by atoms with Crippen LogP contribution in [0.5, 0.6) is 0 Å². The van der Waals surface area contributed by atoms with Gasteiger partial charge in [-0.3, -0.25) is 0 Å². The predicted molar refractivity (Wildman–Crippen MR) is 89.4 cm³/mol. The zero-order valence-electron chi connectivity index (χ0n) is 12.7. The van der Waals surface area contributed by atoms with Crippen LogP contribution in [-0.2, 0) is 6.42 Å². The molecule has 0 saturated carbocycles. The minimum atomic E-state index is 0.195. The molecular weight excluding hydrogens is 305 g/mol. The van der Waals surface area contributed by atoms with Gasteiger partial charge in [-0.2, -0.15) is 0 Å². The van der Waals surface area contributed by atoms with E-state index in [1.807, 2.05) is 26.0 Å². The first-order chi connectivity index (χ1) is 10.0. The SMILES string of the molecule is CCCNC(Cc1ccc(Cl)cc1Cl)c1cc(C)oc1C. The minimum Gasteiger partial charge on any atom is -0.466 e. The van der Waals surface area contributed by atoms with Crippen molar-refractivity contribution in [2.24, 2.45) is 0 Å². The molecule has 2 rings (SSSR count). The van der Waals surface area contributed by atoms with E-state index in [0.717, 1.165) is 36.5 Å². The lowest BCUT2D eigenvalue weighted by atomic mass is 9.99. The normalized spacial score (nSPS) is 12.6. The van der Waals surface area contributed by atoms with Gasteiger partial charge in [0, 0.05) is 21.7 Å². The highest BCUT2D eigenvalue weighted by atomic mass is 35.5. The lowest BCUT2D eigenvalue weighted by Gasteiger charge is -2.19. The van der Waals surface area contributed by atoms with Crippen molar-refractivity contribution in [1.82, 2.24) is 5.32 Å². The van der Waals surface area contributed by atoms with Gasteiger partial charge in [0.1, 0.15) is 11.5 Å². The fourth-order valence-electron chi connectivity index (χ4n) is 2.51. The average Bonchev–Trinajstić information content (AvgIpc) is 2.76. The molecule has 114 valence electrons. The van der Waals surface area contributed by atoms with E-state index in [1.165, 1.54) is 5.56 Å². The quantitative estimate of drug-likeness (QED) is 0.759. The maximum Gasteiger partial charge on any atom is 0.105 e. The number of nitrogens with one attached hydrogen (secondary N) is 1. The molecule has 0 amide bonds. The second kappa shape index (κ2) is 7.35. The smallest absolute Gasteiger partial charge is 0.105 e. The summed E-state index contributed by atoms with van der Waals surface area (Å²) >= 11 is 12.3. The average molecular weight is 326 g/mol. The van der Waals surface area contributed by atoms with Gasteiger partial charge in [0.2, 0.25) is 0 Å². The van der Waals surface area contributed by atoms with Crippen LogP contribution in [0.2, 0.25) is 10.0 Å². The monoisotopic (exact) mass is 325 g/mol. The fourth-order valence-corrected chi connectivity index (χ4v) is 3.00. The lowest BCUT2D eigenvalue weighted by Crippen LogP contribution is -2.24. The van der Waals surface area contributed by atoms with E-state index in [9.17, 15) is 0 Å². The highest BCUT2D eigenvalue weighted by molar-refractivity contribution is 6.35. The van der Waals surface area contributed by atoms with Crippen LogP contribution in [0, 0.1) is 13.8 Å². The molecule has 0 fully saturated rings. The van der Waals surface area contributed by atoms with Crippen LogP contribution in [-0.4, -0.2) is 6.54 Å². The van der Waals surface area contributed by atoms with Gasteiger partial charge in [-0.05, 0) is 57.0 Å². The third kappa shape index (κ3) is 4.26. The zero-order valence-corrected chi connectivity index (χ0v) is 14.2. The molecule has 2 aromatic rings. The number of furan rings is 1. The first-order valence-electron chi connectivity index (χ1n) is 7.25. The molecule has 1 N–H and O–H groups in total. The molecule has 1 unspecified atom stereocenters. The molecule has 0 aliphatic carbocycles. The number of hydrogen-bond acceptors (Lipinski definition) is 2. The van der Waals surface area contributed by atoms with E-state index in [2.05, 4.69) is 18.3 Å². The van der Waals surface area contributed by atoms with Gasteiger partial charge in [0.25, 0.3) is 0 Å². The third-order valence-corrected chi connectivity index (χ3v) is 4.12. The standard InChI is InChI=1S/C17H21Cl2NO/c1-4-7-20-17(15-8-11(2)21-12(15)3)9-13-5-6-14(18)10-16(13)19/h5-6,8,10,17,20H,4,7,9H2,1-3H3. The number of benzene rings is 1. The summed E-state index contributed by atoms with van der Waals surface area (Å²) in [6.45, 7) is 7.10. The van der Waals surface area contributed by atoms with E-state index >= 15 is 0 Å². The maximum absolute atomic E-state index is 6.30. The molecule has 0 aliphatic rings. The summed E-state index contributed by atoms with van der Waals surface area (Å²) in [6.07, 6.45) is 1.90. The molecule has 21 heavy (non-hydrogen) atoms. The van der Waals surface area contributed by atoms with Crippen molar-refractivity contribution in [2.45, 2.75) is 39.7 Å². The van der Waals surface area contributed by atoms with Crippen LogP contribution in [0.3, 0.4) is 0 Å². The minimum absolute atomic E-state index is 0.195. The summed E-state index contributed by atoms with van der Waals surface area (Å²) in [4.78, 5) is 0. The Kier molecular flexibility index (Phi) is 5.74. The first kappa shape index (κ1) is 16.4. The molecule has 0 radical (unpaired) electrons. The van der Waals surface area contributed by atoms with Crippen LogP contribution in [0.25, 0.3) is 0 Å². The second-order valence-corrected chi connectivity index (χ2v) is 6.16. The lowest BCUT2D eigenvalue weighted by molar-refractivity contribution is 0.480. The van der Waals surface area contributed by atoms with Crippen LogP contribution < -0.4 is 5.32 Å². The van der Waals surface area contributed by atoms with Crippen molar-refractivity contribution < 1.29 is 4.42 Å². The highest BCUT2D eigenvalue weighted by Crippen LogP contribution is 2.29. The number of hydrogen-bond donors (Lipinski definition) is 1. The van der Waals surface area contributed by atoms with Gasteiger partial charge in [-0.25, -0.2) is 0 Å². The molecule has 0 saturated heterocycles. The number of rotatable bonds is 6. The molecule has 0 aliphatic heterocycles. The molecule has 0 spiro atoms. The Labute approximate surface area is 136 Å². The molecule has 1 aromatic heterocycles. The Bertz CT molecular complexity index is 607. The Morgan fingerprint density at radius 3 is 2.52 bits per heavy atom. The van der Waals surface area contributed by atoms with Crippen LogP contribution in [0.4, 0.5) is 0 Å². The topological polar surface area (TPSA) is 25.2 Å². The molecule has 2 nitrogen and oxygen atoms in total. The molecule has 4 heteroatoms.